The lowest BCUT2D eigenvalue weighted by Gasteiger charge is -2.13. The number of hydrogen-bond donors (Lipinski definition) is 0. The monoisotopic (exact) mass is 689 g/mol. The highest BCUT2D eigenvalue weighted by molar-refractivity contribution is 5.84. The van der Waals surface area contributed by atoms with E-state index in [1.165, 1.54) is 33.4 Å². The quantitative estimate of drug-likeness (QED) is 0.159. The highest BCUT2D eigenvalue weighted by Gasteiger charge is 2.14. The van der Waals surface area contributed by atoms with Crippen molar-refractivity contribution in [2.75, 3.05) is 0 Å². The van der Waals surface area contributed by atoms with Crippen LogP contribution in [-0.4, -0.2) is 15.0 Å². The molecule has 8 aromatic carbocycles. The molecule has 0 unspecified atom stereocenters. The molecule has 9 rings (SSSR count). The van der Waals surface area contributed by atoms with E-state index in [0.29, 0.717) is 17.5 Å². The van der Waals surface area contributed by atoms with Crippen LogP contribution in [0, 0.1) is 0 Å². The van der Waals surface area contributed by atoms with Crippen molar-refractivity contribution in [1.82, 2.24) is 15.0 Å². The van der Waals surface area contributed by atoms with Gasteiger partial charge in [0.1, 0.15) is 0 Å². The van der Waals surface area contributed by atoms with Crippen molar-refractivity contribution < 1.29 is 0 Å². The molecule has 0 spiro atoms. The third kappa shape index (κ3) is 6.99. The Labute approximate surface area is 316 Å². The summed E-state index contributed by atoms with van der Waals surface area (Å²) in [6.07, 6.45) is 0. The third-order valence-electron chi connectivity index (χ3n) is 9.71. The molecule has 1 heterocycles. The van der Waals surface area contributed by atoms with E-state index in [2.05, 4.69) is 152 Å². The van der Waals surface area contributed by atoms with E-state index in [9.17, 15) is 0 Å². The summed E-state index contributed by atoms with van der Waals surface area (Å²) in [6.45, 7) is 0. The summed E-state index contributed by atoms with van der Waals surface area (Å²) in [6, 6.07) is 74.4. The van der Waals surface area contributed by atoms with Gasteiger partial charge in [0, 0.05) is 16.7 Å². The summed E-state index contributed by atoms with van der Waals surface area (Å²) < 4.78 is 0. The highest BCUT2D eigenvalue weighted by Crippen LogP contribution is 2.36. The summed E-state index contributed by atoms with van der Waals surface area (Å²) in [5.41, 5.74) is 14.5. The van der Waals surface area contributed by atoms with Gasteiger partial charge in [-0.2, -0.15) is 0 Å². The normalized spacial score (nSPS) is 11.0. The molecule has 0 N–H and O–H groups in total. The fraction of sp³-hybridized carbons (Fsp3) is 0. The minimum atomic E-state index is 0.638. The number of aromatic nitrogens is 3. The molecule has 0 saturated carbocycles. The number of hydrogen-bond acceptors (Lipinski definition) is 3. The van der Waals surface area contributed by atoms with E-state index in [4.69, 9.17) is 15.0 Å². The summed E-state index contributed by atoms with van der Waals surface area (Å²) >= 11 is 0. The molecule has 0 aliphatic carbocycles. The van der Waals surface area contributed by atoms with Gasteiger partial charge in [0.15, 0.2) is 17.5 Å². The van der Waals surface area contributed by atoms with Crippen molar-refractivity contribution in [2.45, 2.75) is 0 Å². The van der Waals surface area contributed by atoms with Crippen LogP contribution in [0.5, 0.6) is 0 Å². The predicted octanol–water partition coefficient (Wildman–Crippen LogP) is 13.2. The molecule has 0 amide bonds. The largest absolute Gasteiger partial charge is 0.208 e. The Kier molecular flexibility index (Phi) is 8.94. The van der Waals surface area contributed by atoms with Crippen LogP contribution < -0.4 is 0 Å². The minimum Gasteiger partial charge on any atom is -0.208 e. The van der Waals surface area contributed by atoms with Gasteiger partial charge in [0.2, 0.25) is 0 Å². The van der Waals surface area contributed by atoms with Gasteiger partial charge in [-0.25, -0.2) is 15.0 Å². The maximum absolute atomic E-state index is 4.98. The first kappa shape index (κ1) is 32.7. The predicted molar refractivity (Wildman–Crippen MR) is 223 cm³/mol. The molecule has 254 valence electrons. The van der Waals surface area contributed by atoms with Gasteiger partial charge in [0.05, 0.1) is 0 Å². The van der Waals surface area contributed by atoms with Crippen molar-refractivity contribution >= 4 is 0 Å². The van der Waals surface area contributed by atoms with Gasteiger partial charge in [0.25, 0.3) is 0 Å². The first-order valence-electron chi connectivity index (χ1n) is 18.2. The number of rotatable bonds is 8. The Morgan fingerprint density at radius 2 is 0.407 bits per heavy atom. The van der Waals surface area contributed by atoms with Crippen LogP contribution in [0.25, 0.3) is 89.8 Å². The second kappa shape index (κ2) is 14.8. The Morgan fingerprint density at radius 1 is 0.167 bits per heavy atom. The molecule has 0 fully saturated rings. The second-order valence-corrected chi connectivity index (χ2v) is 13.3. The molecule has 0 aliphatic heterocycles. The van der Waals surface area contributed by atoms with E-state index >= 15 is 0 Å². The summed E-state index contributed by atoms with van der Waals surface area (Å²) in [7, 11) is 0. The smallest absolute Gasteiger partial charge is 0.164 e. The standard InChI is InChI=1S/C51H35N3/c1-5-15-36(16-6-1)38-27-29-39(30-28-38)47-33-46(37-17-7-2-8-18-37)34-48(35-47)44-25-13-23-42(31-44)43-24-14-26-45(32-43)51-53-49(40-19-9-3-10-20-40)52-50(54-51)41-21-11-4-12-22-41/h1-35H. The lowest BCUT2D eigenvalue weighted by molar-refractivity contribution is 1.07. The minimum absolute atomic E-state index is 0.638. The lowest BCUT2D eigenvalue weighted by Crippen LogP contribution is -2.00. The molecule has 0 atom stereocenters. The average molecular weight is 690 g/mol. The van der Waals surface area contributed by atoms with Crippen molar-refractivity contribution in [3.63, 3.8) is 0 Å². The van der Waals surface area contributed by atoms with Crippen molar-refractivity contribution in [2.24, 2.45) is 0 Å². The summed E-state index contributed by atoms with van der Waals surface area (Å²) in [4.78, 5) is 14.8. The number of benzene rings is 8. The Hall–Kier alpha value is -7.23. The van der Waals surface area contributed by atoms with Crippen molar-refractivity contribution in [3.8, 4) is 89.8 Å². The average Bonchev–Trinajstić information content (AvgIpc) is 3.27. The maximum Gasteiger partial charge on any atom is 0.164 e. The topological polar surface area (TPSA) is 38.7 Å². The van der Waals surface area contributed by atoms with Crippen LogP contribution in [-0.2, 0) is 0 Å². The molecule has 3 heteroatoms. The third-order valence-corrected chi connectivity index (χ3v) is 9.71. The van der Waals surface area contributed by atoms with Gasteiger partial charge in [-0.15, -0.1) is 0 Å². The van der Waals surface area contributed by atoms with Crippen LogP contribution in [0.1, 0.15) is 0 Å². The maximum atomic E-state index is 4.98. The zero-order chi connectivity index (χ0) is 36.1. The Morgan fingerprint density at radius 3 is 0.852 bits per heavy atom. The fourth-order valence-corrected chi connectivity index (χ4v) is 6.90. The summed E-state index contributed by atoms with van der Waals surface area (Å²) in [5.74, 6) is 1.94. The van der Waals surface area contributed by atoms with E-state index in [-0.39, 0.29) is 0 Å². The van der Waals surface area contributed by atoms with E-state index < -0.39 is 0 Å². The van der Waals surface area contributed by atoms with E-state index in [1.54, 1.807) is 0 Å². The molecule has 0 radical (unpaired) electrons. The zero-order valence-corrected chi connectivity index (χ0v) is 29.5. The molecular formula is C51H35N3. The summed E-state index contributed by atoms with van der Waals surface area (Å²) in [5, 5.41) is 0. The second-order valence-electron chi connectivity index (χ2n) is 13.3. The molecule has 3 nitrogen and oxygen atoms in total. The van der Waals surface area contributed by atoms with Crippen LogP contribution in [0.4, 0.5) is 0 Å². The van der Waals surface area contributed by atoms with Gasteiger partial charge in [-0.05, 0) is 86.0 Å². The highest BCUT2D eigenvalue weighted by atomic mass is 15.0. The Bertz CT molecular complexity index is 2620. The fourth-order valence-electron chi connectivity index (χ4n) is 6.90. The van der Waals surface area contributed by atoms with Gasteiger partial charge in [-0.3, -0.25) is 0 Å². The van der Waals surface area contributed by atoms with Crippen LogP contribution in [0.15, 0.2) is 212 Å². The zero-order valence-electron chi connectivity index (χ0n) is 29.5. The lowest BCUT2D eigenvalue weighted by atomic mass is 9.91. The molecule has 54 heavy (non-hydrogen) atoms. The van der Waals surface area contributed by atoms with E-state index in [1.807, 2.05) is 60.7 Å². The van der Waals surface area contributed by atoms with Crippen LogP contribution in [0.2, 0.25) is 0 Å². The van der Waals surface area contributed by atoms with Crippen molar-refractivity contribution in [3.05, 3.63) is 212 Å². The molecule has 1 aromatic heterocycles. The molecule has 0 bridgehead atoms. The van der Waals surface area contributed by atoms with Gasteiger partial charge >= 0.3 is 0 Å². The van der Waals surface area contributed by atoms with Crippen LogP contribution in [0.3, 0.4) is 0 Å². The Balaban J connectivity index is 1.10. The molecular weight excluding hydrogens is 655 g/mol. The van der Waals surface area contributed by atoms with Crippen molar-refractivity contribution in [1.29, 1.82) is 0 Å². The van der Waals surface area contributed by atoms with E-state index in [0.717, 1.165) is 38.9 Å². The first-order valence-corrected chi connectivity index (χ1v) is 18.2. The van der Waals surface area contributed by atoms with Crippen LogP contribution >= 0.6 is 0 Å². The number of nitrogens with zero attached hydrogens (tertiary/aromatic N) is 3. The molecule has 0 aliphatic rings. The van der Waals surface area contributed by atoms with Gasteiger partial charge < -0.3 is 0 Å². The molecule has 0 saturated heterocycles. The molecule has 9 aromatic rings. The van der Waals surface area contributed by atoms with Gasteiger partial charge in [-0.1, -0.05) is 182 Å². The SMILES string of the molecule is c1ccc(-c2ccc(-c3cc(-c4ccccc4)cc(-c4cccc(-c5cccc(-c6nc(-c7ccccc7)nc(-c7ccccc7)n6)c5)c4)c3)cc2)cc1. The first-order chi connectivity index (χ1) is 26.7.